The minimum absolute atomic E-state index is 0.207. The van der Waals surface area contributed by atoms with Crippen LogP contribution < -0.4 is 21.4 Å². The molecule has 288 valence electrons. The maximum absolute atomic E-state index is 15.8. The molecule has 8 bridgehead atoms. The average Bonchev–Trinajstić information content (AvgIpc) is 4.09. The van der Waals surface area contributed by atoms with E-state index in [1.165, 1.54) is 49.1 Å². The number of aromatic amines is 4. The Balaban J connectivity index is 1.50. The number of nitrogens with one attached hydrogen (secondary N) is 4. The molecule has 2 aromatic carbocycles. The van der Waals surface area contributed by atoms with Crippen molar-refractivity contribution >= 4 is 22.3 Å². The zero-order valence-electron chi connectivity index (χ0n) is 28.9. The molecule has 16 heteroatoms. The van der Waals surface area contributed by atoms with Crippen LogP contribution in [-0.2, 0) is 0 Å². The van der Waals surface area contributed by atoms with E-state index in [1.54, 1.807) is 36.4 Å². The van der Waals surface area contributed by atoms with Gasteiger partial charge in [-0.25, -0.2) is 43.9 Å². The number of fused-ring (bicyclic) bond motifs is 8. The van der Waals surface area contributed by atoms with Gasteiger partial charge in [0.15, 0.2) is 46.5 Å². The van der Waals surface area contributed by atoms with Crippen molar-refractivity contribution in [3.8, 4) is 0 Å². The summed E-state index contributed by atoms with van der Waals surface area (Å²) in [6, 6.07) is 18.0. The molecule has 6 aromatic heterocycles. The molecule has 0 unspecified atom stereocenters. The zero-order valence-corrected chi connectivity index (χ0v) is 28.9. The van der Waals surface area contributed by atoms with Crippen LogP contribution in [0.2, 0.25) is 0 Å². The van der Waals surface area contributed by atoms with Crippen molar-refractivity contribution in [1.82, 2.24) is 29.9 Å². The number of halogens is 10. The van der Waals surface area contributed by atoms with Crippen LogP contribution in [0.3, 0.4) is 0 Å². The highest BCUT2D eigenvalue weighted by Gasteiger charge is 2.32. The lowest BCUT2D eigenvalue weighted by atomic mass is 10.00. The fourth-order valence-electron chi connectivity index (χ4n) is 7.17. The summed E-state index contributed by atoms with van der Waals surface area (Å²) in [5.41, 5.74) is -1.74. The zero-order chi connectivity index (χ0) is 40.6. The molecule has 0 atom stereocenters. The van der Waals surface area contributed by atoms with E-state index >= 15 is 17.6 Å². The quantitative estimate of drug-likeness (QED) is 0.0934. The van der Waals surface area contributed by atoms with Crippen molar-refractivity contribution in [1.29, 1.82) is 0 Å². The molecule has 58 heavy (non-hydrogen) atoms. The summed E-state index contributed by atoms with van der Waals surface area (Å²) in [6.45, 7) is 0. The molecular weight excluding hydrogens is 778 g/mol. The fourth-order valence-corrected chi connectivity index (χ4v) is 7.17. The number of hydrogen-bond donors (Lipinski definition) is 4. The number of hydrogen-bond acceptors (Lipinski definition) is 2. The Labute approximate surface area is 317 Å². The molecule has 8 aromatic rings. The van der Waals surface area contributed by atoms with Crippen LogP contribution >= 0.6 is 0 Å². The lowest BCUT2D eigenvalue weighted by molar-refractivity contribution is 0.376. The van der Waals surface area contributed by atoms with Gasteiger partial charge in [0.25, 0.3) is 0 Å². The second-order valence-electron chi connectivity index (χ2n) is 13.0. The Hall–Kier alpha value is -7.36. The highest BCUT2D eigenvalue weighted by Crippen LogP contribution is 2.35. The van der Waals surface area contributed by atoms with E-state index in [2.05, 4.69) is 29.9 Å². The minimum atomic E-state index is -2.42. The van der Waals surface area contributed by atoms with Crippen molar-refractivity contribution < 1.29 is 43.9 Å². The molecular formula is C42H20F10N6. The minimum Gasteiger partial charge on any atom is -0.354 e. The monoisotopic (exact) mass is 798 g/mol. The molecule has 1 aliphatic heterocycles. The van der Waals surface area contributed by atoms with E-state index in [0.29, 0.717) is 33.7 Å². The third kappa shape index (κ3) is 5.58. The third-order valence-corrected chi connectivity index (χ3v) is 9.76. The largest absolute Gasteiger partial charge is 0.354 e. The summed E-state index contributed by atoms with van der Waals surface area (Å²) in [7, 11) is 0. The van der Waals surface area contributed by atoms with E-state index in [1.807, 2.05) is 0 Å². The number of rotatable bonds is 4. The van der Waals surface area contributed by atoms with E-state index < -0.39 is 80.4 Å². The number of H-pyrrole nitrogens is 4. The van der Waals surface area contributed by atoms with Gasteiger partial charge in [-0.15, -0.1) is 0 Å². The maximum atomic E-state index is 15.8. The lowest BCUT2D eigenvalue weighted by Gasteiger charge is -2.13. The van der Waals surface area contributed by atoms with Gasteiger partial charge >= 0.3 is 0 Å². The van der Waals surface area contributed by atoms with Crippen LogP contribution in [-0.4, -0.2) is 29.9 Å². The van der Waals surface area contributed by atoms with Crippen molar-refractivity contribution in [2.24, 2.45) is 0 Å². The van der Waals surface area contributed by atoms with Crippen LogP contribution in [0.15, 0.2) is 97.6 Å². The van der Waals surface area contributed by atoms with Gasteiger partial charge in [-0.05, 0) is 83.9 Å². The number of pyridine rings is 2. The topological polar surface area (TPSA) is 88.9 Å². The van der Waals surface area contributed by atoms with Crippen LogP contribution in [0, 0.1) is 58.2 Å². The van der Waals surface area contributed by atoms with Gasteiger partial charge in [0.2, 0.25) is 11.6 Å². The molecule has 9 rings (SSSR count). The predicted molar refractivity (Wildman–Crippen MR) is 189 cm³/mol. The van der Waals surface area contributed by atoms with Crippen molar-refractivity contribution in [3.63, 3.8) is 0 Å². The molecule has 0 amide bonds. The molecule has 0 aliphatic carbocycles. The highest BCUT2D eigenvalue weighted by atomic mass is 19.2. The van der Waals surface area contributed by atoms with Gasteiger partial charge in [-0.2, -0.15) is 0 Å². The molecule has 0 saturated heterocycles. The van der Waals surface area contributed by atoms with Gasteiger partial charge < -0.3 is 19.9 Å². The van der Waals surface area contributed by atoms with E-state index in [4.69, 9.17) is 0 Å². The van der Waals surface area contributed by atoms with E-state index in [-0.39, 0.29) is 32.8 Å². The summed E-state index contributed by atoms with van der Waals surface area (Å²) >= 11 is 0. The first-order valence-electron chi connectivity index (χ1n) is 17.1. The normalized spacial score (nSPS) is 12.9. The van der Waals surface area contributed by atoms with Gasteiger partial charge in [-0.3, -0.25) is 9.97 Å². The SMILES string of the molecule is Fc1c(F)c(F)c(C2=c3ccc([nH]3)=C(c3ccncc3)c3ccc([nH]3)C(c3ccncc3)=c3ccc([nH]3)=C(c3c(F)c(F)c(F)c(F)c3F)c3ccc2[nH]3)c(F)c1F. The van der Waals surface area contributed by atoms with Crippen LogP contribution in [0.5, 0.6) is 0 Å². The van der Waals surface area contributed by atoms with Crippen LogP contribution in [0.4, 0.5) is 43.9 Å². The molecule has 0 fully saturated rings. The smallest absolute Gasteiger partial charge is 0.200 e. The Morgan fingerprint density at radius 2 is 0.534 bits per heavy atom. The second-order valence-corrected chi connectivity index (χ2v) is 13.0. The Morgan fingerprint density at radius 3 is 0.845 bits per heavy atom. The first-order valence-corrected chi connectivity index (χ1v) is 17.1. The molecule has 6 nitrogen and oxygen atoms in total. The average molecular weight is 799 g/mol. The molecule has 0 spiro atoms. The molecule has 0 radical (unpaired) electrons. The van der Waals surface area contributed by atoms with Crippen molar-refractivity contribution in [2.45, 2.75) is 0 Å². The van der Waals surface area contributed by atoms with Gasteiger partial charge in [-0.1, -0.05) is 0 Å². The van der Waals surface area contributed by atoms with Crippen LogP contribution in [0.1, 0.15) is 45.0 Å². The summed E-state index contributed by atoms with van der Waals surface area (Å²) in [5.74, 6) is -22.7. The highest BCUT2D eigenvalue weighted by molar-refractivity contribution is 5.85. The Bertz CT molecular complexity index is 2960. The molecule has 1 aliphatic rings. The lowest BCUT2D eigenvalue weighted by Crippen LogP contribution is -2.21. The van der Waals surface area contributed by atoms with E-state index in [9.17, 15) is 26.3 Å². The first kappa shape index (κ1) is 36.3. The second kappa shape index (κ2) is 13.7. The summed E-state index contributed by atoms with van der Waals surface area (Å²) in [5, 5.41) is 0.161. The van der Waals surface area contributed by atoms with Crippen LogP contribution in [0.25, 0.3) is 22.3 Å². The number of nitrogens with zero attached hydrogens (tertiary/aromatic N) is 2. The molecule has 0 saturated carbocycles. The van der Waals surface area contributed by atoms with Crippen molar-refractivity contribution in [3.05, 3.63) is 222 Å². The maximum Gasteiger partial charge on any atom is 0.200 e. The molecule has 4 N–H and O–H groups in total. The fraction of sp³-hybridized carbons (Fsp3) is 0. The number of benzene rings is 2. The Morgan fingerprint density at radius 1 is 0.276 bits per heavy atom. The summed E-state index contributed by atoms with van der Waals surface area (Å²) in [6.07, 6.45) is 6.09. The Kier molecular flexibility index (Phi) is 8.56. The standard InChI is InChI=1S/C42H20F10N6/c43-33-31(34(44)38(48)41(51)37(33)47)29-23-5-3-21(56-23)27(17-9-13-53-14-10-17)19-1-2-20(55-19)28(18-11-15-54-16-12-18)22-4-6-24(57-22)30(26-8-7-25(29)58-26)32-35(45)39(49)42(52)40(50)36(32)46/h1-16,55-58H. The van der Waals surface area contributed by atoms with Gasteiger partial charge in [0.05, 0.1) is 11.1 Å². The predicted octanol–water partition coefficient (Wildman–Crippen LogP) is 6.48. The number of aromatic nitrogens is 6. The van der Waals surface area contributed by atoms with Crippen molar-refractivity contribution in [2.75, 3.05) is 0 Å². The van der Waals surface area contributed by atoms with Gasteiger partial charge in [0.1, 0.15) is 0 Å². The summed E-state index contributed by atoms with van der Waals surface area (Å²) < 4.78 is 151. The first-order chi connectivity index (χ1) is 27.9. The van der Waals surface area contributed by atoms with Gasteiger partial charge in [0, 0.05) is 91.3 Å². The third-order valence-electron chi connectivity index (χ3n) is 9.76. The summed E-state index contributed by atoms with van der Waals surface area (Å²) in [4.78, 5) is 20.3. The van der Waals surface area contributed by atoms with E-state index in [0.717, 1.165) is 12.1 Å². The molecule has 7 heterocycles.